The summed E-state index contributed by atoms with van der Waals surface area (Å²) < 4.78 is 62.5. The molecule has 9 nitrogen and oxygen atoms in total. The molecule has 3 atom stereocenters. The molecule has 3 N–H and O–H groups in total. The number of aromatic nitrogens is 2. The molecule has 2 aliphatic rings. The number of alkyl halides is 3. The molecule has 0 bridgehead atoms. The Bertz CT molecular complexity index is 1500. The van der Waals surface area contributed by atoms with E-state index >= 15 is 4.39 Å². The zero-order valence-corrected chi connectivity index (χ0v) is 23.4. The first kappa shape index (κ1) is 29.5. The first-order valence-corrected chi connectivity index (χ1v) is 13.7. The number of pyridine rings is 2. The number of halogens is 4. The maximum absolute atomic E-state index is 15.7. The van der Waals surface area contributed by atoms with Crippen LogP contribution in [0.25, 0.3) is 11.1 Å². The van der Waals surface area contributed by atoms with Gasteiger partial charge in [-0.15, -0.1) is 0 Å². The second kappa shape index (κ2) is 11.7. The highest BCUT2D eigenvalue weighted by molar-refractivity contribution is 6.07. The molecule has 0 spiro atoms. The Balaban J connectivity index is 1.52. The van der Waals surface area contributed by atoms with Crippen LogP contribution in [0.4, 0.5) is 34.8 Å². The number of ether oxygens (including phenoxy) is 1. The Morgan fingerprint density at radius 2 is 1.81 bits per heavy atom. The quantitative estimate of drug-likeness (QED) is 0.383. The summed E-state index contributed by atoms with van der Waals surface area (Å²) in [4.78, 5) is 35.4. The molecule has 13 heteroatoms. The van der Waals surface area contributed by atoms with E-state index in [9.17, 15) is 22.8 Å². The summed E-state index contributed by atoms with van der Waals surface area (Å²) in [7, 11) is 0. The van der Waals surface area contributed by atoms with Gasteiger partial charge in [0.05, 0.1) is 34.7 Å². The predicted molar refractivity (Wildman–Crippen MR) is 152 cm³/mol. The Hall–Kier alpha value is -3.97. The van der Waals surface area contributed by atoms with Crippen molar-refractivity contribution in [2.75, 3.05) is 47.8 Å². The first-order valence-electron chi connectivity index (χ1n) is 13.7. The van der Waals surface area contributed by atoms with E-state index in [0.717, 1.165) is 6.20 Å². The van der Waals surface area contributed by atoms with E-state index in [-0.39, 0.29) is 29.5 Å². The van der Waals surface area contributed by atoms with Crippen molar-refractivity contribution in [3.05, 3.63) is 70.0 Å². The third-order valence-electron chi connectivity index (χ3n) is 7.32. The van der Waals surface area contributed by atoms with Gasteiger partial charge in [-0.3, -0.25) is 9.59 Å². The number of anilines is 3. The number of carbonyl (C=O) groups is 1. The van der Waals surface area contributed by atoms with Crippen molar-refractivity contribution in [1.29, 1.82) is 0 Å². The molecule has 0 aliphatic carbocycles. The largest absolute Gasteiger partial charge is 0.417 e. The predicted octanol–water partition coefficient (Wildman–Crippen LogP) is 4.26. The minimum atomic E-state index is -4.94. The number of nitrogens with zero attached hydrogens (tertiary/aromatic N) is 3. The van der Waals surface area contributed by atoms with E-state index in [2.05, 4.69) is 25.5 Å². The number of H-pyrrole nitrogens is 1. The van der Waals surface area contributed by atoms with E-state index in [1.165, 1.54) is 18.3 Å². The number of piperazine rings is 1. The van der Waals surface area contributed by atoms with E-state index < -0.39 is 34.6 Å². The van der Waals surface area contributed by atoms with Crippen molar-refractivity contribution < 1.29 is 27.1 Å². The van der Waals surface area contributed by atoms with E-state index in [1.54, 1.807) is 12.1 Å². The van der Waals surface area contributed by atoms with Gasteiger partial charge in [0, 0.05) is 68.4 Å². The zero-order chi connectivity index (χ0) is 30.2. The van der Waals surface area contributed by atoms with Crippen LogP contribution in [0.1, 0.15) is 36.7 Å². The average Bonchev–Trinajstić information content (AvgIpc) is 2.93. The zero-order valence-electron chi connectivity index (χ0n) is 23.4. The SMILES string of the molecule is C[C@@H]1CN(c2ccc(-c3cc(NC(=O)c4c[nH]c(=O)cc4C(F)(F)F)c(N4CCN[C@@H](C)C4)cc3F)cn2)C[C@H](C)O1. The number of benzene rings is 1. The van der Waals surface area contributed by atoms with Crippen LogP contribution in [0.15, 0.2) is 47.5 Å². The molecule has 2 aliphatic heterocycles. The van der Waals surface area contributed by atoms with Gasteiger partial charge in [-0.1, -0.05) is 0 Å². The fourth-order valence-corrected chi connectivity index (χ4v) is 5.48. The fraction of sp³-hybridized carbons (Fsp3) is 0.414. The number of hydrogen-bond acceptors (Lipinski definition) is 7. The number of carbonyl (C=O) groups excluding carboxylic acids is 1. The monoisotopic (exact) mass is 588 g/mol. The lowest BCUT2D eigenvalue weighted by molar-refractivity contribution is -0.138. The molecule has 3 aromatic rings. The lowest BCUT2D eigenvalue weighted by atomic mass is 10.0. The third kappa shape index (κ3) is 6.41. The highest BCUT2D eigenvalue weighted by atomic mass is 19.4. The van der Waals surface area contributed by atoms with Crippen molar-refractivity contribution in [2.45, 2.75) is 45.2 Å². The highest BCUT2D eigenvalue weighted by Crippen LogP contribution is 2.37. The second-order valence-electron chi connectivity index (χ2n) is 10.8. The van der Waals surface area contributed by atoms with Crippen LogP contribution in [-0.4, -0.2) is 66.8 Å². The molecule has 1 amide bonds. The van der Waals surface area contributed by atoms with Crippen molar-refractivity contribution in [3.8, 4) is 11.1 Å². The average molecular weight is 589 g/mol. The van der Waals surface area contributed by atoms with Crippen LogP contribution in [-0.2, 0) is 10.9 Å². The topological polar surface area (TPSA) is 103 Å². The standard InChI is InChI=1S/C29H32F4N6O3/c1-16-13-38(7-6-34-16)25-10-23(30)20(19-4-5-26(35-11-19)39-14-17(2)42-18(3)15-39)8-24(25)37-28(41)21-12-36-27(40)9-22(21)29(31,32)33/h4-5,8-12,16-18,34H,6-7,13-15H2,1-3H3,(H,36,40)(H,37,41)/t16-,17-,18+/m0/s1. The minimum absolute atomic E-state index is 0.0272. The number of morpholine rings is 1. The molecule has 2 aromatic heterocycles. The second-order valence-corrected chi connectivity index (χ2v) is 10.8. The summed E-state index contributed by atoms with van der Waals surface area (Å²) in [6.07, 6.45) is -2.62. The Kier molecular flexibility index (Phi) is 8.24. The Morgan fingerprint density at radius 1 is 1.07 bits per heavy atom. The van der Waals surface area contributed by atoms with E-state index in [0.29, 0.717) is 55.9 Å². The van der Waals surface area contributed by atoms with Gasteiger partial charge in [-0.2, -0.15) is 13.2 Å². The summed E-state index contributed by atoms with van der Waals surface area (Å²) in [5.74, 6) is -0.958. The molecule has 0 unspecified atom stereocenters. The smallest absolute Gasteiger partial charge is 0.372 e. The van der Waals surface area contributed by atoms with Gasteiger partial charge < -0.3 is 30.2 Å². The van der Waals surface area contributed by atoms with E-state index in [1.807, 2.05) is 25.7 Å². The summed E-state index contributed by atoms with van der Waals surface area (Å²) in [6, 6.07) is 6.58. The molecule has 0 saturated carbocycles. The van der Waals surface area contributed by atoms with Crippen LogP contribution in [0.5, 0.6) is 0 Å². The number of aromatic amines is 1. The minimum Gasteiger partial charge on any atom is -0.372 e. The van der Waals surface area contributed by atoms with Gasteiger partial charge in [0.2, 0.25) is 5.56 Å². The lowest BCUT2D eigenvalue weighted by Crippen LogP contribution is -2.49. The maximum atomic E-state index is 15.7. The Labute approximate surface area is 239 Å². The summed E-state index contributed by atoms with van der Waals surface area (Å²) in [6.45, 7) is 8.80. The molecule has 0 radical (unpaired) electrons. The van der Waals surface area contributed by atoms with Gasteiger partial charge >= 0.3 is 6.18 Å². The van der Waals surface area contributed by atoms with Gasteiger partial charge in [-0.05, 0) is 45.0 Å². The molecule has 5 rings (SSSR count). The third-order valence-corrected chi connectivity index (χ3v) is 7.32. The van der Waals surface area contributed by atoms with Gasteiger partial charge in [0.1, 0.15) is 11.6 Å². The van der Waals surface area contributed by atoms with Crippen LogP contribution in [0.3, 0.4) is 0 Å². The van der Waals surface area contributed by atoms with Crippen molar-refractivity contribution in [3.63, 3.8) is 0 Å². The lowest BCUT2D eigenvalue weighted by Gasteiger charge is -2.36. The van der Waals surface area contributed by atoms with Crippen molar-refractivity contribution in [2.24, 2.45) is 0 Å². The molecular formula is C29H32F4N6O3. The van der Waals surface area contributed by atoms with Crippen LogP contribution in [0.2, 0.25) is 0 Å². The van der Waals surface area contributed by atoms with Crippen LogP contribution < -0.4 is 26.0 Å². The van der Waals surface area contributed by atoms with E-state index in [4.69, 9.17) is 4.74 Å². The normalized spacial score (nSPS) is 21.4. The Morgan fingerprint density at radius 3 is 2.45 bits per heavy atom. The molecule has 2 fully saturated rings. The van der Waals surface area contributed by atoms with Gasteiger partial charge in [0.15, 0.2) is 0 Å². The molecule has 4 heterocycles. The van der Waals surface area contributed by atoms with Gasteiger partial charge in [0.25, 0.3) is 5.91 Å². The van der Waals surface area contributed by atoms with Crippen LogP contribution in [0, 0.1) is 5.82 Å². The molecule has 2 saturated heterocycles. The van der Waals surface area contributed by atoms with Crippen LogP contribution >= 0.6 is 0 Å². The first-order chi connectivity index (χ1) is 19.9. The number of hydrogen-bond donors (Lipinski definition) is 3. The molecular weight excluding hydrogens is 556 g/mol. The summed E-state index contributed by atoms with van der Waals surface area (Å²) in [5, 5.41) is 5.83. The molecule has 1 aromatic carbocycles. The molecule has 42 heavy (non-hydrogen) atoms. The van der Waals surface area contributed by atoms with Crippen molar-refractivity contribution in [1.82, 2.24) is 15.3 Å². The maximum Gasteiger partial charge on any atom is 0.417 e. The number of nitrogens with one attached hydrogen (secondary N) is 3. The number of rotatable bonds is 5. The highest BCUT2D eigenvalue weighted by Gasteiger charge is 2.36. The number of amides is 1. The van der Waals surface area contributed by atoms with Gasteiger partial charge in [-0.25, -0.2) is 9.37 Å². The summed E-state index contributed by atoms with van der Waals surface area (Å²) in [5.41, 5.74) is -2.10. The molecule has 224 valence electrons. The van der Waals surface area contributed by atoms with Crippen molar-refractivity contribution >= 4 is 23.1 Å². The summed E-state index contributed by atoms with van der Waals surface area (Å²) >= 11 is 0. The fourth-order valence-electron chi connectivity index (χ4n) is 5.48.